The highest BCUT2D eigenvalue weighted by Crippen LogP contribution is 2.48. The van der Waals surface area contributed by atoms with Gasteiger partial charge in [-0.15, -0.1) is 0 Å². The lowest BCUT2D eigenvalue weighted by Gasteiger charge is -2.59. The molecular formula is C19H35N6O3S+. The number of hydrogen-bond acceptors (Lipinski definition) is 7. The van der Waals surface area contributed by atoms with E-state index >= 15 is 0 Å². The van der Waals surface area contributed by atoms with Gasteiger partial charge >= 0.3 is 0 Å². The van der Waals surface area contributed by atoms with Gasteiger partial charge in [0.25, 0.3) is 5.78 Å². The van der Waals surface area contributed by atoms with E-state index in [2.05, 4.69) is 10.4 Å². The largest absolute Gasteiger partial charge is 0.370 e. The van der Waals surface area contributed by atoms with E-state index in [9.17, 15) is 14.4 Å². The van der Waals surface area contributed by atoms with Crippen molar-refractivity contribution in [3.8, 4) is 0 Å². The van der Waals surface area contributed by atoms with Crippen LogP contribution in [0.15, 0.2) is 4.99 Å². The number of Topliss-reactive ketones (excluding diaryl/α,β-unsaturated/α-hetero) is 2. The van der Waals surface area contributed by atoms with Crippen LogP contribution in [0.1, 0.15) is 45.4 Å². The number of carbonyl (C=O) groups is 3. The Bertz CT molecular complexity index is 656. The van der Waals surface area contributed by atoms with Crippen molar-refractivity contribution in [1.29, 1.82) is 0 Å². The first kappa shape index (κ1) is 23.8. The highest BCUT2D eigenvalue weighted by molar-refractivity contribution is 7.98. The Morgan fingerprint density at radius 1 is 1.45 bits per heavy atom. The van der Waals surface area contributed by atoms with Gasteiger partial charge in [-0.3, -0.25) is 14.6 Å². The predicted octanol–water partition coefficient (Wildman–Crippen LogP) is -0.528. The SMILES string of the molecule is CSCC[C@H](N)C(=O)CC1(C)C(=O)[C@@H]2CCC[N+]21N[C@@H](C=O)CCCN=C(N)N. The fourth-order valence-electron chi connectivity index (χ4n) is 4.70. The molecule has 29 heavy (non-hydrogen) atoms. The maximum atomic E-state index is 13.0. The maximum Gasteiger partial charge on any atom is 0.253 e. The fourth-order valence-corrected chi connectivity index (χ4v) is 5.19. The topological polar surface area (TPSA) is 154 Å². The first-order chi connectivity index (χ1) is 13.7. The molecule has 0 spiro atoms. The fraction of sp³-hybridized carbons (Fsp3) is 0.789. The van der Waals surface area contributed by atoms with E-state index in [4.69, 9.17) is 17.2 Å². The van der Waals surface area contributed by atoms with Crippen LogP contribution in [0.25, 0.3) is 0 Å². The average molecular weight is 428 g/mol. The van der Waals surface area contributed by atoms with Crippen LogP contribution in [0.4, 0.5) is 0 Å². The minimum absolute atomic E-state index is 0.0272. The lowest BCUT2D eigenvalue weighted by molar-refractivity contribution is -1.03. The second-order valence-electron chi connectivity index (χ2n) is 8.24. The van der Waals surface area contributed by atoms with Gasteiger partial charge < -0.3 is 22.0 Å². The molecule has 7 N–H and O–H groups in total. The van der Waals surface area contributed by atoms with Crippen LogP contribution in [0.2, 0.25) is 0 Å². The van der Waals surface area contributed by atoms with Gasteiger partial charge in [0.1, 0.15) is 12.3 Å². The number of guanidine groups is 1. The van der Waals surface area contributed by atoms with Crippen LogP contribution >= 0.6 is 11.8 Å². The third-order valence-electron chi connectivity index (χ3n) is 6.33. The van der Waals surface area contributed by atoms with E-state index in [1.165, 1.54) is 0 Å². The van der Waals surface area contributed by atoms with Crippen LogP contribution in [-0.2, 0) is 14.4 Å². The summed E-state index contributed by atoms with van der Waals surface area (Å²) in [6.07, 6.45) is 6.39. The normalized spacial score (nSPS) is 30.2. The molecule has 2 rings (SSSR count). The number of rotatable bonds is 13. The molecule has 0 aromatic rings. The van der Waals surface area contributed by atoms with E-state index in [1.54, 1.807) is 11.8 Å². The minimum Gasteiger partial charge on any atom is -0.370 e. The number of aliphatic imine (C=N–C) groups is 1. The molecule has 0 radical (unpaired) electrons. The summed E-state index contributed by atoms with van der Waals surface area (Å²) in [5.74, 6) is 0.842. The number of nitrogens with two attached hydrogens (primary N) is 3. The van der Waals surface area contributed by atoms with Crippen molar-refractivity contribution in [1.82, 2.24) is 5.43 Å². The van der Waals surface area contributed by atoms with Crippen LogP contribution in [-0.4, -0.2) is 77.2 Å². The molecule has 9 nitrogen and oxygen atoms in total. The second-order valence-corrected chi connectivity index (χ2v) is 9.23. The van der Waals surface area contributed by atoms with Crippen molar-refractivity contribution in [2.24, 2.45) is 22.2 Å². The van der Waals surface area contributed by atoms with E-state index in [1.807, 2.05) is 13.2 Å². The Kier molecular flexibility index (Phi) is 8.21. The molecule has 0 aromatic heterocycles. The zero-order valence-electron chi connectivity index (χ0n) is 17.4. The quantitative estimate of drug-likeness (QED) is 0.101. The molecule has 0 aliphatic carbocycles. The van der Waals surface area contributed by atoms with Crippen LogP contribution in [0.3, 0.4) is 0 Å². The van der Waals surface area contributed by atoms with Gasteiger partial charge in [0.05, 0.1) is 19.0 Å². The molecule has 164 valence electrons. The number of nitrogens with one attached hydrogen (secondary N) is 1. The summed E-state index contributed by atoms with van der Waals surface area (Å²) in [6, 6.07) is -1.19. The molecule has 2 aliphatic rings. The molecule has 2 unspecified atom stereocenters. The maximum absolute atomic E-state index is 13.0. The lowest BCUT2D eigenvalue weighted by Crippen LogP contribution is -2.88. The number of carbonyl (C=O) groups excluding carboxylic acids is 3. The third-order valence-corrected chi connectivity index (χ3v) is 6.97. The van der Waals surface area contributed by atoms with Crippen LogP contribution < -0.4 is 22.6 Å². The number of aldehydes is 1. The number of ketones is 2. The Morgan fingerprint density at radius 2 is 2.17 bits per heavy atom. The number of thioether (sulfide) groups is 1. The van der Waals surface area contributed by atoms with Gasteiger partial charge in [-0.2, -0.15) is 17.2 Å². The highest BCUT2D eigenvalue weighted by atomic mass is 32.2. The van der Waals surface area contributed by atoms with Crippen LogP contribution in [0.5, 0.6) is 0 Å². The van der Waals surface area contributed by atoms with Gasteiger partial charge in [-0.25, -0.2) is 4.59 Å². The summed E-state index contributed by atoms with van der Waals surface area (Å²) in [5.41, 5.74) is 19.3. The molecule has 0 amide bonds. The van der Waals surface area contributed by atoms with E-state index in [0.717, 1.165) is 31.4 Å². The molecule has 2 heterocycles. The molecular weight excluding hydrogens is 392 g/mol. The van der Waals surface area contributed by atoms with Crippen molar-refractivity contribution in [2.75, 3.05) is 25.1 Å². The molecule has 5 atom stereocenters. The van der Waals surface area contributed by atoms with Gasteiger partial charge in [-0.1, -0.05) is 0 Å². The van der Waals surface area contributed by atoms with Gasteiger partial charge in [-0.05, 0) is 31.3 Å². The number of hydrogen-bond donors (Lipinski definition) is 4. The van der Waals surface area contributed by atoms with Crippen molar-refractivity contribution in [3.63, 3.8) is 0 Å². The summed E-state index contributed by atoms with van der Waals surface area (Å²) in [6.45, 7) is 3.00. The second kappa shape index (κ2) is 10.0. The summed E-state index contributed by atoms with van der Waals surface area (Å²) < 4.78 is 0.304. The number of quaternary nitrogens is 1. The van der Waals surface area contributed by atoms with Crippen LogP contribution in [0, 0.1) is 0 Å². The lowest BCUT2D eigenvalue weighted by atomic mass is 9.73. The summed E-state index contributed by atoms with van der Waals surface area (Å²) in [4.78, 5) is 41.3. The zero-order valence-corrected chi connectivity index (χ0v) is 18.2. The van der Waals surface area contributed by atoms with Crippen molar-refractivity contribution in [3.05, 3.63) is 0 Å². The third kappa shape index (κ3) is 4.82. The number of nitrogens with zero attached hydrogens (tertiary/aromatic N) is 2. The molecule has 0 bridgehead atoms. The standard InChI is InChI=1S/C19H35N6O3S/c1-19(11-16(27)14(20)7-10-29-2)17(28)15-6-4-9-25(15,19)24-13(12-26)5-3-8-23-18(21)22/h12-15,24H,3-11,20H2,1-2H3,(H4,21,22,23)/q+1/t13-,14+,15+,19?,25?/m1/s1. The van der Waals surface area contributed by atoms with Crippen molar-refractivity contribution < 1.29 is 19.0 Å². The molecule has 10 heteroatoms. The smallest absolute Gasteiger partial charge is 0.253 e. The molecule has 0 saturated carbocycles. The minimum atomic E-state index is -0.879. The van der Waals surface area contributed by atoms with Gasteiger partial charge in [0.15, 0.2) is 23.3 Å². The van der Waals surface area contributed by atoms with Crippen molar-refractivity contribution in [2.45, 2.75) is 69.1 Å². The molecule has 2 fully saturated rings. The van der Waals surface area contributed by atoms with Gasteiger partial charge in [0.2, 0.25) is 0 Å². The Hall–Kier alpha value is -1.49. The Balaban J connectivity index is 2.09. The predicted molar refractivity (Wildman–Crippen MR) is 115 cm³/mol. The molecule has 2 aliphatic heterocycles. The Labute approximate surface area is 176 Å². The highest BCUT2D eigenvalue weighted by Gasteiger charge is 2.74. The average Bonchev–Trinajstić information content (AvgIpc) is 3.09. The summed E-state index contributed by atoms with van der Waals surface area (Å²) in [5, 5.41) is 0. The van der Waals surface area contributed by atoms with E-state index < -0.39 is 17.6 Å². The summed E-state index contributed by atoms with van der Waals surface area (Å²) in [7, 11) is 0. The Morgan fingerprint density at radius 3 is 2.79 bits per heavy atom. The summed E-state index contributed by atoms with van der Waals surface area (Å²) >= 11 is 1.64. The zero-order chi connectivity index (χ0) is 21.7. The first-order valence-electron chi connectivity index (χ1n) is 10.2. The van der Waals surface area contributed by atoms with Crippen molar-refractivity contribution >= 4 is 35.6 Å². The molecule has 0 aromatic carbocycles. The molecule has 2 saturated heterocycles. The van der Waals surface area contributed by atoms with E-state index in [-0.39, 0.29) is 30.0 Å². The monoisotopic (exact) mass is 427 g/mol. The number of fused-ring (bicyclic) bond motifs is 1. The van der Waals surface area contributed by atoms with E-state index in [0.29, 0.717) is 30.4 Å². The first-order valence-corrected chi connectivity index (χ1v) is 11.6. The van der Waals surface area contributed by atoms with Gasteiger partial charge in [0, 0.05) is 26.3 Å².